The second kappa shape index (κ2) is 7.27. The predicted octanol–water partition coefficient (Wildman–Crippen LogP) is 2.29. The summed E-state index contributed by atoms with van der Waals surface area (Å²) in [5, 5.41) is 7.48. The van der Waals surface area contributed by atoms with Gasteiger partial charge in [0, 0.05) is 33.7 Å². The molecule has 1 N–H and O–H groups in total. The van der Waals surface area contributed by atoms with Crippen LogP contribution in [0.2, 0.25) is 0 Å². The average molecular weight is 341 g/mol. The Labute approximate surface area is 149 Å². The molecule has 0 saturated carbocycles. The SMILES string of the molecule is Cc1cc(C)cc(CN2CCn3nc(CNC(=O)N(C)C)cc3C2)c1. The zero-order valence-corrected chi connectivity index (χ0v) is 15.5. The first kappa shape index (κ1) is 17.5. The second-order valence-electron chi connectivity index (χ2n) is 7.11. The number of nitrogens with one attached hydrogen (secondary N) is 1. The number of hydrogen-bond donors (Lipinski definition) is 1. The van der Waals surface area contributed by atoms with Gasteiger partial charge in [0.15, 0.2) is 0 Å². The zero-order chi connectivity index (χ0) is 18.0. The highest BCUT2D eigenvalue weighted by atomic mass is 16.2. The van der Waals surface area contributed by atoms with Gasteiger partial charge in [-0.05, 0) is 25.5 Å². The van der Waals surface area contributed by atoms with Crippen LogP contribution in [0.5, 0.6) is 0 Å². The Morgan fingerprint density at radius 2 is 1.88 bits per heavy atom. The maximum Gasteiger partial charge on any atom is 0.317 e. The minimum atomic E-state index is -0.0950. The summed E-state index contributed by atoms with van der Waals surface area (Å²) in [5.74, 6) is 0. The van der Waals surface area contributed by atoms with Gasteiger partial charge in [0.1, 0.15) is 0 Å². The van der Waals surface area contributed by atoms with Crippen molar-refractivity contribution in [2.24, 2.45) is 0 Å². The summed E-state index contributed by atoms with van der Waals surface area (Å²) in [7, 11) is 3.47. The fraction of sp³-hybridized carbons (Fsp3) is 0.474. The highest BCUT2D eigenvalue weighted by Crippen LogP contribution is 2.18. The van der Waals surface area contributed by atoms with Crippen molar-refractivity contribution < 1.29 is 4.79 Å². The van der Waals surface area contributed by atoms with Crippen molar-refractivity contribution >= 4 is 6.03 Å². The standard InChI is InChI=1S/C19H27N5O/c1-14-7-15(2)9-16(8-14)12-23-5-6-24-18(13-23)10-17(21-24)11-20-19(25)22(3)4/h7-10H,5-6,11-13H2,1-4H3,(H,20,25). The van der Waals surface area contributed by atoms with Crippen molar-refractivity contribution in [3.63, 3.8) is 0 Å². The number of rotatable bonds is 4. The zero-order valence-electron chi connectivity index (χ0n) is 15.5. The van der Waals surface area contributed by atoms with Crippen molar-refractivity contribution in [3.05, 3.63) is 52.3 Å². The molecule has 0 spiro atoms. The molecule has 0 aliphatic carbocycles. The van der Waals surface area contributed by atoms with Crippen molar-refractivity contribution in [1.82, 2.24) is 24.9 Å². The van der Waals surface area contributed by atoms with Gasteiger partial charge in [-0.2, -0.15) is 5.10 Å². The molecule has 1 aromatic carbocycles. The van der Waals surface area contributed by atoms with E-state index in [9.17, 15) is 4.79 Å². The number of aryl methyl sites for hydroxylation is 2. The molecule has 2 aromatic rings. The summed E-state index contributed by atoms with van der Waals surface area (Å²) >= 11 is 0. The molecule has 1 aliphatic heterocycles. The van der Waals surface area contributed by atoms with Crippen LogP contribution in [-0.2, 0) is 26.2 Å². The van der Waals surface area contributed by atoms with Gasteiger partial charge in [-0.1, -0.05) is 29.3 Å². The van der Waals surface area contributed by atoms with Crippen LogP contribution in [0.25, 0.3) is 0 Å². The Bertz CT molecular complexity index is 745. The van der Waals surface area contributed by atoms with Crippen LogP contribution in [0.3, 0.4) is 0 Å². The Kier molecular flexibility index (Phi) is 5.08. The smallest absolute Gasteiger partial charge is 0.317 e. The molecule has 3 rings (SSSR count). The monoisotopic (exact) mass is 341 g/mol. The molecule has 1 aliphatic rings. The van der Waals surface area contributed by atoms with E-state index in [1.165, 1.54) is 27.3 Å². The maximum atomic E-state index is 11.6. The number of amides is 2. The van der Waals surface area contributed by atoms with Crippen LogP contribution in [0, 0.1) is 13.8 Å². The van der Waals surface area contributed by atoms with Gasteiger partial charge >= 0.3 is 6.03 Å². The van der Waals surface area contributed by atoms with E-state index in [2.05, 4.69) is 58.1 Å². The first-order chi connectivity index (χ1) is 11.9. The fourth-order valence-corrected chi connectivity index (χ4v) is 3.34. The average Bonchev–Trinajstić information content (AvgIpc) is 2.93. The molecule has 0 radical (unpaired) electrons. The molecule has 2 heterocycles. The molecule has 0 unspecified atom stereocenters. The molecule has 0 bridgehead atoms. The highest BCUT2D eigenvalue weighted by molar-refractivity contribution is 5.73. The lowest BCUT2D eigenvalue weighted by Crippen LogP contribution is -2.34. The number of benzene rings is 1. The first-order valence-corrected chi connectivity index (χ1v) is 8.71. The van der Waals surface area contributed by atoms with Crippen molar-refractivity contribution in [2.45, 2.75) is 40.0 Å². The van der Waals surface area contributed by atoms with Crippen LogP contribution < -0.4 is 5.32 Å². The predicted molar refractivity (Wildman–Crippen MR) is 98.2 cm³/mol. The van der Waals surface area contributed by atoms with E-state index in [1.54, 1.807) is 14.1 Å². The first-order valence-electron chi connectivity index (χ1n) is 8.71. The van der Waals surface area contributed by atoms with Gasteiger partial charge in [-0.15, -0.1) is 0 Å². The number of carbonyl (C=O) groups excluding carboxylic acids is 1. The third-order valence-corrected chi connectivity index (χ3v) is 4.44. The van der Waals surface area contributed by atoms with E-state index in [-0.39, 0.29) is 6.03 Å². The van der Waals surface area contributed by atoms with Gasteiger partial charge in [-0.3, -0.25) is 9.58 Å². The van der Waals surface area contributed by atoms with E-state index >= 15 is 0 Å². The summed E-state index contributed by atoms with van der Waals surface area (Å²) in [6.45, 7) is 8.50. The minimum absolute atomic E-state index is 0.0950. The summed E-state index contributed by atoms with van der Waals surface area (Å²) in [5.41, 5.74) is 6.12. The van der Waals surface area contributed by atoms with Crippen molar-refractivity contribution in [1.29, 1.82) is 0 Å². The Hall–Kier alpha value is -2.34. The second-order valence-corrected chi connectivity index (χ2v) is 7.11. The molecular formula is C19H27N5O. The molecule has 2 amide bonds. The molecule has 0 atom stereocenters. The number of carbonyl (C=O) groups is 1. The molecule has 6 nitrogen and oxygen atoms in total. The molecule has 0 fully saturated rings. The van der Waals surface area contributed by atoms with E-state index in [0.29, 0.717) is 6.54 Å². The Balaban J connectivity index is 1.62. The summed E-state index contributed by atoms with van der Waals surface area (Å²) < 4.78 is 2.06. The van der Waals surface area contributed by atoms with Gasteiger partial charge < -0.3 is 10.2 Å². The quantitative estimate of drug-likeness (QED) is 0.928. The summed E-state index contributed by atoms with van der Waals surface area (Å²) in [6, 6.07) is 8.75. The van der Waals surface area contributed by atoms with Gasteiger partial charge in [0.05, 0.1) is 24.5 Å². The van der Waals surface area contributed by atoms with E-state index in [4.69, 9.17) is 0 Å². The molecular weight excluding hydrogens is 314 g/mol. The number of fused-ring (bicyclic) bond motifs is 1. The van der Waals surface area contributed by atoms with Gasteiger partial charge in [-0.25, -0.2) is 4.79 Å². The molecule has 1 aromatic heterocycles. The van der Waals surface area contributed by atoms with E-state index in [1.807, 2.05) is 0 Å². The third-order valence-electron chi connectivity index (χ3n) is 4.44. The summed E-state index contributed by atoms with van der Waals surface area (Å²) in [4.78, 5) is 15.6. The van der Waals surface area contributed by atoms with Gasteiger partial charge in [0.25, 0.3) is 0 Å². The van der Waals surface area contributed by atoms with Gasteiger partial charge in [0.2, 0.25) is 0 Å². The Morgan fingerprint density at radius 1 is 1.16 bits per heavy atom. The lowest BCUT2D eigenvalue weighted by Gasteiger charge is -2.27. The van der Waals surface area contributed by atoms with Crippen molar-refractivity contribution in [3.8, 4) is 0 Å². The number of nitrogens with zero attached hydrogens (tertiary/aromatic N) is 4. The molecule has 25 heavy (non-hydrogen) atoms. The molecule has 0 saturated heterocycles. The fourth-order valence-electron chi connectivity index (χ4n) is 3.34. The maximum absolute atomic E-state index is 11.6. The van der Waals surface area contributed by atoms with Crippen LogP contribution in [0.4, 0.5) is 4.79 Å². The highest BCUT2D eigenvalue weighted by Gasteiger charge is 2.19. The van der Waals surface area contributed by atoms with E-state index < -0.39 is 0 Å². The van der Waals surface area contributed by atoms with E-state index in [0.717, 1.165) is 31.9 Å². The third kappa shape index (κ3) is 4.39. The minimum Gasteiger partial charge on any atom is -0.332 e. The largest absolute Gasteiger partial charge is 0.332 e. The molecule has 6 heteroatoms. The van der Waals surface area contributed by atoms with Crippen molar-refractivity contribution in [2.75, 3.05) is 20.6 Å². The van der Waals surface area contributed by atoms with Crippen LogP contribution >= 0.6 is 0 Å². The normalized spacial score (nSPS) is 14.2. The lowest BCUT2D eigenvalue weighted by molar-refractivity contribution is 0.205. The molecule has 134 valence electrons. The number of urea groups is 1. The Morgan fingerprint density at radius 3 is 2.56 bits per heavy atom. The topological polar surface area (TPSA) is 53.4 Å². The lowest BCUT2D eigenvalue weighted by atomic mass is 10.1. The summed E-state index contributed by atoms with van der Waals surface area (Å²) in [6.07, 6.45) is 0. The van der Waals surface area contributed by atoms with Crippen LogP contribution in [-0.4, -0.2) is 46.3 Å². The number of hydrogen-bond acceptors (Lipinski definition) is 3. The van der Waals surface area contributed by atoms with Crippen LogP contribution in [0.1, 0.15) is 28.1 Å². The number of aromatic nitrogens is 2. The van der Waals surface area contributed by atoms with Crippen LogP contribution in [0.15, 0.2) is 24.3 Å².